The Morgan fingerprint density at radius 2 is 1.05 bits per heavy atom. The van der Waals surface area contributed by atoms with Gasteiger partial charge in [-0.15, -0.1) is 0 Å². The van der Waals surface area contributed by atoms with Gasteiger partial charge in [-0.2, -0.15) is 0 Å². The van der Waals surface area contributed by atoms with E-state index >= 15 is 0 Å². The summed E-state index contributed by atoms with van der Waals surface area (Å²) in [5, 5.41) is 9.80. The van der Waals surface area contributed by atoms with Gasteiger partial charge in [-0.1, -0.05) is 140 Å². The molecule has 0 saturated heterocycles. The summed E-state index contributed by atoms with van der Waals surface area (Å²) < 4.78 is 6.46. The van der Waals surface area contributed by atoms with Crippen molar-refractivity contribution in [2.24, 2.45) is 0 Å². The van der Waals surface area contributed by atoms with E-state index in [2.05, 4.69) is 158 Å². The lowest BCUT2D eigenvalue weighted by Gasteiger charge is -2.18. The third-order valence-corrected chi connectivity index (χ3v) is 9.16. The lowest BCUT2D eigenvalue weighted by atomic mass is 9.85. The fourth-order valence-corrected chi connectivity index (χ4v) is 7.14. The van der Waals surface area contributed by atoms with E-state index in [-0.39, 0.29) is 0 Å². The molecule has 0 radical (unpaired) electrons. The minimum atomic E-state index is 0.852. The van der Waals surface area contributed by atoms with Gasteiger partial charge in [0.1, 0.15) is 11.2 Å². The van der Waals surface area contributed by atoms with Crippen LogP contribution >= 0.6 is 0 Å². The van der Waals surface area contributed by atoms with Gasteiger partial charge in [-0.3, -0.25) is 0 Å². The highest BCUT2D eigenvalue weighted by atomic mass is 16.3. The SMILES string of the molecule is c1ccc(-c2ccccc2Cc2c3ccccc3c(-c3ccc4oc5c6ccccc6ccc5c4c3)c3ccccc23)cc1. The van der Waals surface area contributed by atoms with Crippen LogP contribution in [0.25, 0.3) is 76.5 Å². The first-order valence-corrected chi connectivity index (χ1v) is 15.2. The molecule has 0 fully saturated rings. The zero-order valence-corrected chi connectivity index (χ0v) is 24.1. The number of furan rings is 1. The van der Waals surface area contributed by atoms with Gasteiger partial charge in [0, 0.05) is 16.2 Å². The number of fused-ring (bicyclic) bond motifs is 7. The fourth-order valence-electron chi connectivity index (χ4n) is 7.14. The first kappa shape index (κ1) is 24.9. The summed E-state index contributed by atoms with van der Waals surface area (Å²) in [6.07, 6.45) is 0.852. The molecule has 0 bridgehead atoms. The van der Waals surface area contributed by atoms with Gasteiger partial charge in [0.05, 0.1) is 0 Å². The molecule has 44 heavy (non-hydrogen) atoms. The lowest BCUT2D eigenvalue weighted by molar-refractivity contribution is 0.672. The quantitative estimate of drug-likeness (QED) is 0.195. The van der Waals surface area contributed by atoms with Crippen molar-refractivity contribution in [3.05, 3.63) is 169 Å². The van der Waals surface area contributed by atoms with Gasteiger partial charge in [-0.25, -0.2) is 0 Å². The molecule has 0 aliphatic heterocycles. The molecular formula is C43H28O. The summed E-state index contributed by atoms with van der Waals surface area (Å²) in [6, 6.07) is 57.0. The maximum atomic E-state index is 6.46. The molecule has 1 aromatic heterocycles. The van der Waals surface area contributed by atoms with Gasteiger partial charge in [0.25, 0.3) is 0 Å². The molecule has 9 rings (SSSR count). The van der Waals surface area contributed by atoms with Crippen molar-refractivity contribution in [2.75, 3.05) is 0 Å². The van der Waals surface area contributed by atoms with Crippen LogP contribution in [0.4, 0.5) is 0 Å². The van der Waals surface area contributed by atoms with Crippen molar-refractivity contribution in [2.45, 2.75) is 6.42 Å². The van der Waals surface area contributed by atoms with Crippen molar-refractivity contribution in [1.29, 1.82) is 0 Å². The first-order chi connectivity index (χ1) is 21.8. The maximum absolute atomic E-state index is 6.46. The summed E-state index contributed by atoms with van der Waals surface area (Å²) in [5.74, 6) is 0. The van der Waals surface area contributed by atoms with Gasteiger partial charge >= 0.3 is 0 Å². The van der Waals surface area contributed by atoms with Crippen LogP contribution in [0.3, 0.4) is 0 Å². The zero-order valence-electron chi connectivity index (χ0n) is 24.1. The summed E-state index contributed by atoms with van der Waals surface area (Å²) in [7, 11) is 0. The van der Waals surface area contributed by atoms with Crippen molar-refractivity contribution in [1.82, 2.24) is 0 Å². The van der Waals surface area contributed by atoms with E-state index in [1.165, 1.54) is 60.3 Å². The van der Waals surface area contributed by atoms with Crippen LogP contribution in [0, 0.1) is 0 Å². The van der Waals surface area contributed by atoms with Crippen LogP contribution in [-0.2, 0) is 6.42 Å². The van der Waals surface area contributed by atoms with E-state index in [1.807, 2.05) is 0 Å². The molecular weight excluding hydrogens is 532 g/mol. The number of benzene rings is 8. The van der Waals surface area contributed by atoms with E-state index in [1.54, 1.807) is 0 Å². The minimum Gasteiger partial charge on any atom is -0.455 e. The summed E-state index contributed by atoms with van der Waals surface area (Å²) in [5.41, 5.74) is 9.59. The first-order valence-electron chi connectivity index (χ1n) is 15.2. The highest BCUT2D eigenvalue weighted by Gasteiger charge is 2.18. The number of rotatable bonds is 4. The third kappa shape index (κ3) is 3.87. The Kier molecular flexibility index (Phi) is 5.64. The molecule has 1 heteroatoms. The minimum absolute atomic E-state index is 0.852. The molecule has 8 aromatic carbocycles. The summed E-state index contributed by atoms with van der Waals surface area (Å²) in [4.78, 5) is 0. The Morgan fingerprint density at radius 1 is 0.409 bits per heavy atom. The van der Waals surface area contributed by atoms with E-state index in [0.717, 1.165) is 33.7 Å². The molecule has 0 spiro atoms. The molecule has 9 aromatic rings. The Hall–Kier alpha value is -5.66. The Labute approximate surface area is 255 Å². The predicted octanol–water partition coefficient (Wildman–Crippen LogP) is 12.0. The zero-order chi connectivity index (χ0) is 29.0. The summed E-state index contributed by atoms with van der Waals surface area (Å²) in [6.45, 7) is 0. The second kappa shape index (κ2) is 9.97. The standard InChI is InChI=1S/C43H28O/c1-2-12-28(13-3-1)32-16-6-5-15-30(32)26-39-34-18-8-10-20-36(34)42(37-21-11-9-19-35(37)39)31-23-25-41-40(27-31)38-24-22-29-14-4-7-17-33(29)43(38)44-41/h1-25,27H,26H2. The van der Waals surface area contributed by atoms with Crippen molar-refractivity contribution in [3.8, 4) is 22.3 Å². The Morgan fingerprint density at radius 3 is 1.82 bits per heavy atom. The average molecular weight is 561 g/mol. The third-order valence-electron chi connectivity index (χ3n) is 9.16. The Bertz CT molecular complexity index is 2460. The average Bonchev–Trinajstić information content (AvgIpc) is 3.47. The monoisotopic (exact) mass is 560 g/mol. The molecule has 0 amide bonds. The molecule has 0 saturated carbocycles. The van der Waals surface area contributed by atoms with Gasteiger partial charge in [0.15, 0.2) is 0 Å². The van der Waals surface area contributed by atoms with Crippen molar-refractivity contribution >= 4 is 54.3 Å². The number of hydrogen-bond donors (Lipinski definition) is 0. The highest BCUT2D eigenvalue weighted by Crippen LogP contribution is 2.43. The molecule has 0 aliphatic rings. The molecule has 0 unspecified atom stereocenters. The fraction of sp³-hybridized carbons (Fsp3) is 0.0233. The van der Waals surface area contributed by atoms with Crippen LogP contribution in [0.15, 0.2) is 162 Å². The molecule has 1 nitrogen and oxygen atoms in total. The van der Waals surface area contributed by atoms with Gasteiger partial charge < -0.3 is 4.42 Å². The van der Waals surface area contributed by atoms with E-state index in [0.29, 0.717) is 0 Å². The largest absolute Gasteiger partial charge is 0.455 e. The Balaban J connectivity index is 1.29. The maximum Gasteiger partial charge on any atom is 0.143 e. The molecule has 206 valence electrons. The molecule has 0 aliphatic carbocycles. The predicted molar refractivity (Wildman–Crippen MR) is 186 cm³/mol. The van der Waals surface area contributed by atoms with Crippen molar-refractivity contribution in [3.63, 3.8) is 0 Å². The van der Waals surface area contributed by atoms with Crippen LogP contribution in [0.1, 0.15) is 11.1 Å². The van der Waals surface area contributed by atoms with E-state index in [4.69, 9.17) is 4.42 Å². The highest BCUT2D eigenvalue weighted by molar-refractivity contribution is 6.19. The summed E-state index contributed by atoms with van der Waals surface area (Å²) >= 11 is 0. The smallest absolute Gasteiger partial charge is 0.143 e. The van der Waals surface area contributed by atoms with Crippen LogP contribution in [-0.4, -0.2) is 0 Å². The van der Waals surface area contributed by atoms with Gasteiger partial charge in [0.2, 0.25) is 0 Å². The van der Waals surface area contributed by atoms with Crippen LogP contribution in [0.2, 0.25) is 0 Å². The second-order valence-electron chi connectivity index (χ2n) is 11.6. The van der Waals surface area contributed by atoms with Crippen LogP contribution in [0.5, 0.6) is 0 Å². The van der Waals surface area contributed by atoms with E-state index in [9.17, 15) is 0 Å². The normalized spacial score (nSPS) is 11.7. The number of hydrogen-bond acceptors (Lipinski definition) is 1. The van der Waals surface area contributed by atoms with Gasteiger partial charge in [-0.05, 0) is 84.9 Å². The lowest BCUT2D eigenvalue weighted by Crippen LogP contribution is -1.97. The van der Waals surface area contributed by atoms with Crippen LogP contribution < -0.4 is 0 Å². The molecule has 0 atom stereocenters. The molecule has 0 N–H and O–H groups in total. The topological polar surface area (TPSA) is 13.1 Å². The van der Waals surface area contributed by atoms with E-state index < -0.39 is 0 Å². The second-order valence-corrected chi connectivity index (χ2v) is 11.6. The van der Waals surface area contributed by atoms with Crippen molar-refractivity contribution < 1.29 is 4.42 Å². The molecule has 1 heterocycles.